The van der Waals surface area contributed by atoms with Gasteiger partial charge in [-0.2, -0.15) is 0 Å². The van der Waals surface area contributed by atoms with Gasteiger partial charge < -0.3 is 4.74 Å². The summed E-state index contributed by atoms with van der Waals surface area (Å²) in [5, 5.41) is 19.6. The van der Waals surface area contributed by atoms with Crippen molar-refractivity contribution in [2.24, 2.45) is 0 Å². The van der Waals surface area contributed by atoms with Gasteiger partial charge in [0.15, 0.2) is 4.47 Å². The summed E-state index contributed by atoms with van der Waals surface area (Å²) < 4.78 is 5.51. The van der Waals surface area contributed by atoms with E-state index in [1.807, 2.05) is 0 Å². The lowest BCUT2D eigenvalue weighted by Gasteiger charge is -1.95. The van der Waals surface area contributed by atoms with Crippen LogP contribution in [-0.4, -0.2) is 17.2 Å². The summed E-state index contributed by atoms with van der Waals surface area (Å²) in [7, 11) is 1.31. The van der Waals surface area contributed by atoms with Crippen molar-refractivity contribution in [1.29, 1.82) is 0 Å². The number of aromatic nitrogens is 1. The highest BCUT2D eigenvalue weighted by Crippen LogP contribution is 2.25. The van der Waals surface area contributed by atoms with Crippen LogP contribution < -0.4 is 9.47 Å². The predicted molar refractivity (Wildman–Crippen MR) is 44.7 cm³/mol. The van der Waals surface area contributed by atoms with Crippen LogP contribution in [0.2, 0.25) is 0 Å². The molecule has 0 atom stereocenters. The van der Waals surface area contributed by atoms with Gasteiger partial charge in [0, 0.05) is 4.73 Å². The molecule has 0 unspecified atom stereocenters. The van der Waals surface area contributed by atoms with Crippen LogP contribution in [0.1, 0.15) is 0 Å². The number of hydrogen-bond donors (Lipinski definition) is 1. The Labute approximate surface area is 81.6 Å². The Morgan fingerprint density at radius 2 is 2.38 bits per heavy atom. The van der Waals surface area contributed by atoms with E-state index in [-0.39, 0.29) is 16.0 Å². The van der Waals surface area contributed by atoms with Crippen molar-refractivity contribution in [3.05, 3.63) is 26.9 Å². The van der Waals surface area contributed by atoms with Crippen molar-refractivity contribution >= 4 is 21.6 Å². The molecule has 1 heterocycles. The predicted octanol–water partition coefficient (Wildman–Crippen LogP) is 0.891. The third-order valence-corrected chi connectivity index (χ3v) is 1.98. The fourth-order valence-corrected chi connectivity index (χ4v) is 1.23. The first-order valence-electron chi connectivity index (χ1n) is 3.19. The van der Waals surface area contributed by atoms with Gasteiger partial charge in [0.25, 0.3) is 5.69 Å². The van der Waals surface area contributed by atoms with Crippen molar-refractivity contribution in [2.75, 3.05) is 7.11 Å². The van der Waals surface area contributed by atoms with Gasteiger partial charge in [-0.25, -0.2) is 0 Å². The zero-order valence-electron chi connectivity index (χ0n) is 6.60. The molecule has 13 heavy (non-hydrogen) atoms. The molecule has 0 amide bonds. The minimum Gasteiger partial charge on any atom is -0.444 e. The second kappa shape index (κ2) is 3.56. The number of hydrogen-bond acceptors (Lipinski definition) is 4. The molecule has 0 fully saturated rings. The zero-order chi connectivity index (χ0) is 10.0. The zero-order valence-corrected chi connectivity index (χ0v) is 8.19. The number of ether oxygens (including phenoxy) is 1. The van der Waals surface area contributed by atoms with E-state index >= 15 is 0 Å². The van der Waals surface area contributed by atoms with Gasteiger partial charge in [-0.05, 0) is 15.9 Å². The van der Waals surface area contributed by atoms with E-state index in [0.717, 1.165) is 12.3 Å². The quantitative estimate of drug-likeness (QED) is 0.366. The second-order valence-corrected chi connectivity index (χ2v) is 3.00. The largest absolute Gasteiger partial charge is 0.444 e. The Kier molecular flexibility index (Phi) is 2.66. The van der Waals surface area contributed by atoms with Gasteiger partial charge in [0.2, 0.25) is 6.20 Å². The van der Waals surface area contributed by atoms with Gasteiger partial charge in [-0.15, -0.1) is 0 Å². The summed E-state index contributed by atoms with van der Waals surface area (Å²) >= 11 is 2.93. The molecule has 0 aliphatic carbocycles. The fraction of sp³-hybridized carbons (Fsp3) is 0.167. The third-order valence-electron chi connectivity index (χ3n) is 1.37. The van der Waals surface area contributed by atoms with Crippen LogP contribution in [0.5, 0.6) is 5.88 Å². The van der Waals surface area contributed by atoms with Crippen LogP contribution in [0.15, 0.2) is 16.7 Å². The molecule has 1 N–H and O–H groups in total. The van der Waals surface area contributed by atoms with E-state index in [1.165, 1.54) is 7.11 Å². The minimum absolute atomic E-state index is 0.00472. The molecule has 0 aliphatic heterocycles. The van der Waals surface area contributed by atoms with Crippen LogP contribution in [0.3, 0.4) is 0 Å². The molecule has 1 aromatic heterocycles. The van der Waals surface area contributed by atoms with E-state index in [4.69, 9.17) is 5.21 Å². The Hall–Kier alpha value is -1.37. The molecule has 0 saturated heterocycles. The number of rotatable bonds is 2. The first-order chi connectivity index (χ1) is 6.06. The van der Waals surface area contributed by atoms with Crippen molar-refractivity contribution in [1.82, 2.24) is 0 Å². The molecular weight excluding hydrogens is 244 g/mol. The molecule has 0 aliphatic rings. The van der Waals surface area contributed by atoms with Crippen LogP contribution in [-0.2, 0) is 0 Å². The SMILES string of the molecule is COc1cc([N+](=O)[O-])c(Br)c[n+]1O. The summed E-state index contributed by atoms with van der Waals surface area (Å²) in [4.78, 5) is 9.85. The molecular formula is C6H6BrN2O4+. The molecule has 0 saturated carbocycles. The molecule has 1 rings (SSSR count). The van der Waals surface area contributed by atoms with Gasteiger partial charge in [0.05, 0.1) is 12.0 Å². The maximum absolute atomic E-state index is 10.4. The highest BCUT2D eigenvalue weighted by molar-refractivity contribution is 9.10. The minimum atomic E-state index is -0.577. The van der Waals surface area contributed by atoms with Gasteiger partial charge >= 0.3 is 5.88 Å². The Morgan fingerprint density at radius 3 is 2.85 bits per heavy atom. The molecule has 0 spiro atoms. The van der Waals surface area contributed by atoms with Gasteiger partial charge in [-0.3, -0.25) is 15.3 Å². The van der Waals surface area contributed by atoms with Crippen LogP contribution in [0, 0.1) is 10.1 Å². The number of halogens is 1. The second-order valence-electron chi connectivity index (χ2n) is 2.15. The Balaban J connectivity index is 3.30. The fourth-order valence-electron chi connectivity index (χ4n) is 0.782. The smallest absolute Gasteiger partial charge is 0.423 e. The molecule has 0 aromatic carbocycles. The number of nitrogens with zero attached hydrogens (tertiary/aromatic N) is 2. The van der Waals surface area contributed by atoms with E-state index in [9.17, 15) is 10.1 Å². The first-order valence-corrected chi connectivity index (χ1v) is 3.98. The molecule has 0 bridgehead atoms. The molecule has 1 aromatic rings. The van der Waals surface area contributed by atoms with E-state index < -0.39 is 4.92 Å². The molecule has 70 valence electrons. The van der Waals surface area contributed by atoms with Crippen LogP contribution in [0.4, 0.5) is 5.69 Å². The molecule has 0 radical (unpaired) electrons. The first kappa shape index (κ1) is 9.72. The van der Waals surface area contributed by atoms with Gasteiger partial charge in [-0.1, -0.05) is 0 Å². The third kappa shape index (κ3) is 1.86. The lowest BCUT2D eigenvalue weighted by molar-refractivity contribution is -0.906. The highest BCUT2D eigenvalue weighted by Gasteiger charge is 2.22. The van der Waals surface area contributed by atoms with Gasteiger partial charge in [0.1, 0.15) is 6.07 Å². The summed E-state index contributed by atoms with van der Waals surface area (Å²) in [6.45, 7) is 0. The van der Waals surface area contributed by atoms with E-state index in [1.54, 1.807) is 0 Å². The summed E-state index contributed by atoms with van der Waals surface area (Å²) in [5.74, 6) is -0.00472. The standard InChI is InChI=1S/C6H6BrN2O4/c1-13-6-2-5(9(11)12)4(7)3-8(6)10/h2-3,10H,1H3/q+1. The maximum Gasteiger partial charge on any atom is 0.423 e. The summed E-state index contributed by atoms with van der Waals surface area (Å²) in [6.07, 6.45) is 1.14. The van der Waals surface area contributed by atoms with Crippen LogP contribution >= 0.6 is 15.9 Å². The van der Waals surface area contributed by atoms with E-state index in [0.29, 0.717) is 4.73 Å². The van der Waals surface area contributed by atoms with E-state index in [2.05, 4.69) is 20.7 Å². The number of nitro groups is 1. The summed E-state index contributed by atoms with van der Waals surface area (Å²) in [6, 6.07) is 1.12. The maximum atomic E-state index is 10.4. The molecule has 6 nitrogen and oxygen atoms in total. The average Bonchev–Trinajstić information content (AvgIpc) is 2.03. The lowest BCUT2D eigenvalue weighted by atomic mass is 10.4. The monoisotopic (exact) mass is 249 g/mol. The average molecular weight is 250 g/mol. The van der Waals surface area contributed by atoms with Crippen molar-refractivity contribution in [3.63, 3.8) is 0 Å². The molecule has 7 heteroatoms. The highest BCUT2D eigenvalue weighted by atomic mass is 79.9. The van der Waals surface area contributed by atoms with Crippen molar-refractivity contribution in [2.45, 2.75) is 0 Å². The Bertz CT molecular complexity index is 355. The van der Waals surface area contributed by atoms with Crippen LogP contribution in [0.25, 0.3) is 0 Å². The topological polar surface area (TPSA) is 76.5 Å². The summed E-state index contributed by atoms with van der Waals surface area (Å²) in [5.41, 5.74) is -0.165. The number of methoxy groups -OCH3 is 1. The van der Waals surface area contributed by atoms with Crippen molar-refractivity contribution in [3.8, 4) is 5.88 Å². The number of pyridine rings is 1. The van der Waals surface area contributed by atoms with Crippen molar-refractivity contribution < 1.29 is 19.6 Å². The normalized spacial score (nSPS) is 9.69. The Morgan fingerprint density at radius 1 is 1.77 bits per heavy atom. The lowest BCUT2D eigenvalue weighted by Crippen LogP contribution is -2.31.